The zero-order chi connectivity index (χ0) is 44.9. The van der Waals surface area contributed by atoms with Crippen LogP contribution in [0.4, 0.5) is 5.69 Å². The third-order valence-electron chi connectivity index (χ3n) is 12.7. The minimum absolute atomic E-state index is 0.0836. The maximum absolute atomic E-state index is 15.5. The number of benzene rings is 6. The highest BCUT2D eigenvalue weighted by Gasteiger charge is 2.74. The van der Waals surface area contributed by atoms with Crippen LogP contribution in [0.15, 0.2) is 164 Å². The Morgan fingerprint density at radius 2 is 1.48 bits per heavy atom. The van der Waals surface area contributed by atoms with Crippen molar-refractivity contribution in [2.45, 2.75) is 42.3 Å². The van der Waals surface area contributed by atoms with Gasteiger partial charge in [0.2, 0.25) is 11.8 Å². The molecule has 0 aromatic heterocycles. The monoisotopic (exact) mass is 866 g/mol. The summed E-state index contributed by atoms with van der Waals surface area (Å²) < 4.78 is 12.3. The molecule has 65 heavy (non-hydrogen) atoms. The number of anilines is 1. The standard InChI is InChI=1S/C54H50N4O7/c1-57(35-37-15-6-2-7-16-37)30-14-17-36-24-29-44-43(33-36)54(53(63)56-44)46(51(61)55-34-45(60)38-18-8-3-9-19-38)48-52(62)65-49(40-22-12-5-13-23-40)47(39-20-10-4-11-21-39)58(48)50(54)41-25-27-42(28-26-41)64-32-31-59/h2-13,15-16,18-29,33,45-50,59-60H,30-32,34-35H2,1H3,(H,55,61)(H,56,63). The van der Waals surface area contributed by atoms with Gasteiger partial charge in [-0.25, -0.2) is 0 Å². The Morgan fingerprint density at radius 3 is 2.15 bits per heavy atom. The molecule has 0 saturated carbocycles. The minimum atomic E-state index is -1.74. The summed E-state index contributed by atoms with van der Waals surface area (Å²) in [5, 5.41) is 27.0. The number of hydrogen-bond acceptors (Lipinski definition) is 9. The highest BCUT2D eigenvalue weighted by molar-refractivity contribution is 6.12. The summed E-state index contributed by atoms with van der Waals surface area (Å²) in [7, 11) is 2.00. The van der Waals surface area contributed by atoms with Gasteiger partial charge in [0.05, 0.1) is 37.3 Å². The van der Waals surface area contributed by atoms with Crippen molar-refractivity contribution >= 4 is 23.5 Å². The number of rotatable bonds is 13. The number of aliphatic hydroxyl groups is 2. The van der Waals surface area contributed by atoms with Crippen LogP contribution in [-0.4, -0.2) is 77.2 Å². The number of nitrogens with one attached hydrogen (secondary N) is 2. The van der Waals surface area contributed by atoms with Gasteiger partial charge in [0.25, 0.3) is 0 Å². The SMILES string of the molecule is CN(CC#Cc1ccc2c(c1)C1(C(=O)N2)C(C(=O)NCC(O)c2ccccc2)C2C(=O)OC(c3ccccc3)C(c3ccccc3)N2C1c1ccc(OCCO)cc1)Cc1ccccc1. The van der Waals surface area contributed by atoms with Gasteiger partial charge in [-0.1, -0.05) is 145 Å². The number of esters is 1. The lowest BCUT2D eigenvalue weighted by Crippen LogP contribution is -2.55. The third kappa shape index (κ3) is 8.41. The van der Waals surface area contributed by atoms with Crippen LogP contribution in [0.3, 0.4) is 0 Å². The van der Waals surface area contributed by atoms with E-state index < -0.39 is 59.5 Å². The number of fused-ring (bicyclic) bond motifs is 3. The van der Waals surface area contributed by atoms with Crippen LogP contribution in [0.5, 0.6) is 5.75 Å². The van der Waals surface area contributed by atoms with E-state index in [9.17, 15) is 10.2 Å². The number of amides is 2. The average Bonchev–Trinajstić information content (AvgIpc) is 3.82. The molecule has 11 nitrogen and oxygen atoms in total. The summed E-state index contributed by atoms with van der Waals surface area (Å²) in [5.74, 6) is 4.06. The summed E-state index contributed by atoms with van der Waals surface area (Å²) >= 11 is 0. The lowest BCUT2D eigenvalue weighted by molar-refractivity contribution is -0.178. The molecule has 3 aliphatic rings. The smallest absolute Gasteiger partial charge is 0.324 e. The predicted octanol–water partition coefficient (Wildman–Crippen LogP) is 6.66. The molecule has 1 spiro atoms. The molecule has 9 rings (SSSR count). The third-order valence-corrected chi connectivity index (χ3v) is 12.7. The van der Waals surface area contributed by atoms with E-state index >= 15 is 14.4 Å². The zero-order valence-electron chi connectivity index (χ0n) is 35.9. The van der Waals surface area contributed by atoms with E-state index in [0.29, 0.717) is 46.8 Å². The van der Waals surface area contributed by atoms with E-state index in [2.05, 4.69) is 39.5 Å². The zero-order valence-corrected chi connectivity index (χ0v) is 35.9. The molecule has 328 valence electrons. The van der Waals surface area contributed by atoms with Gasteiger partial charge in [-0.3, -0.25) is 24.2 Å². The summed E-state index contributed by atoms with van der Waals surface area (Å²) in [6.45, 7) is 0.913. The molecule has 0 aliphatic carbocycles. The van der Waals surface area contributed by atoms with Crippen LogP contribution in [0, 0.1) is 17.8 Å². The lowest BCUT2D eigenvalue weighted by Gasteiger charge is -2.46. The quantitative estimate of drug-likeness (QED) is 0.0742. The van der Waals surface area contributed by atoms with Crippen molar-refractivity contribution in [3.63, 3.8) is 0 Å². The second-order valence-corrected chi connectivity index (χ2v) is 16.8. The van der Waals surface area contributed by atoms with Gasteiger partial charge in [0.1, 0.15) is 29.9 Å². The molecule has 2 amide bonds. The van der Waals surface area contributed by atoms with Gasteiger partial charge in [0, 0.05) is 24.3 Å². The molecule has 3 heterocycles. The van der Waals surface area contributed by atoms with E-state index in [1.807, 2.05) is 127 Å². The maximum atomic E-state index is 15.5. The maximum Gasteiger partial charge on any atom is 0.324 e. The molecular formula is C54H50N4O7. The Labute approximate surface area is 378 Å². The number of nitrogens with zero attached hydrogens (tertiary/aromatic N) is 2. The number of carbonyl (C=O) groups is 3. The minimum Gasteiger partial charge on any atom is -0.491 e. The Hall–Kier alpha value is -7.07. The molecule has 6 aromatic carbocycles. The molecule has 7 unspecified atom stereocenters. The van der Waals surface area contributed by atoms with Gasteiger partial charge < -0.3 is 30.3 Å². The molecule has 7 atom stereocenters. The highest BCUT2D eigenvalue weighted by Crippen LogP contribution is 2.64. The van der Waals surface area contributed by atoms with E-state index in [-0.39, 0.29) is 19.8 Å². The molecule has 4 N–H and O–H groups in total. The molecule has 2 saturated heterocycles. The first kappa shape index (κ1) is 43.2. The van der Waals surface area contributed by atoms with Crippen molar-refractivity contribution in [2.24, 2.45) is 5.92 Å². The van der Waals surface area contributed by atoms with E-state index in [1.165, 1.54) is 5.56 Å². The van der Waals surface area contributed by atoms with Gasteiger partial charge in [0.15, 0.2) is 0 Å². The van der Waals surface area contributed by atoms with Crippen LogP contribution in [0.1, 0.15) is 63.2 Å². The fourth-order valence-electron chi connectivity index (χ4n) is 9.91. The topological polar surface area (TPSA) is 141 Å². The van der Waals surface area contributed by atoms with E-state index in [0.717, 1.165) is 11.1 Å². The second-order valence-electron chi connectivity index (χ2n) is 16.8. The number of hydrogen-bond donors (Lipinski definition) is 4. The fourth-order valence-corrected chi connectivity index (χ4v) is 9.91. The number of morpholine rings is 1. The van der Waals surface area contributed by atoms with Crippen molar-refractivity contribution in [3.8, 4) is 17.6 Å². The van der Waals surface area contributed by atoms with Crippen LogP contribution >= 0.6 is 0 Å². The van der Waals surface area contributed by atoms with Gasteiger partial charge in [-0.2, -0.15) is 0 Å². The molecule has 6 aromatic rings. The fraction of sp³-hybridized carbons (Fsp3) is 0.241. The normalized spacial score (nSPS) is 22.6. The Bertz CT molecular complexity index is 2690. The Kier molecular flexibility index (Phi) is 12.6. The number of aliphatic hydroxyl groups excluding tert-OH is 2. The van der Waals surface area contributed by atoms with Crippen molar-refractivity contribution in [3.05, 3.63) is 203 Å². The summed E-state index contributed by atoms with van der Waals surface area (Å²) in [4.78, 5) is 50.2. The average molecular weight is 867 g/mol. The van der Waals surface area contributed by atoms with Crippen LogP contribution in [0.25, 0.3) is 0 Å². The van der Waals surface area contributed by atoms with Crippen LogP contribution < -0.4 is 15.4 Å². The van der Waals surface area contributed by atoms with Crippen molar-refractivity contribution < 1.29 is 34.1 Å². The molecule has 11 heteroatoms. The van der Waals surface area contributed by atoms with Gasteiger partial charge >= 0.3 is 5.97 Å². The second kappa shape index (κ2) is 19.0. The van der Waals surface area contributed by atoms with Crippen LogP contribution in [-0.2, 0) is 31.1 Å². The number of cyclic esters (lactones) is 1. The molecule has 0 radical (unpaired) electrons. The van der Waals surface area contributed by atoms with Crippen LogP contribution in [0.2, 0.25) is 0 Å². The van der Waals surface area contributed by atoms with Crippen molar-refractivity contribution in [2.75, 3.05) is 38.7 Å². The summed E-state index contributed by atoms with van der Waals surface area (Å²) in [5.41, 5.74) is 3.90. The van der Waals surface area contributed by atoms with Gasteiger partial charge in [-0.15, -0.1) is 0 Å². The van der Waals surface area contributed by atoms with Gasteiger partial charge in [-0.05, 0) is 70.8 Å². The largest absolute Gasteiger partial charge is 0.491 e. The number of carbonyl (C=O) groups excluding carboxylic acids is 3. The van der Waals surface area contributed by atoms with Crippen molar-refractivity contribution in [1.29, 1.82) is 0 Å². The molecule has 3 aliphatic heterocycles. The number of ether oxygens (including phenoxy) is 2. The summed E-state index contributed by atoms with van der Waals surface area (Å²) in [6.07, 6.45) is -1.90. The highest BCUT2D eigenvalue weighted by atomic mass is 16.6. The van der Waals surface area contributed by atoms with E-state index in [1.54, 1.807) is 36.4 Å². The first-order chi connectivity index (χ1) is 31.8. The summed E-state index contributed by atoms with van der Waals surface area (Å²) in [6, 6.07) is 48.3. The molecule has 0 bridgehead atoms. The van der Waals surface area contributed by atoms with Crippen molar-refractivity contribution in [1.82, 2.24) is 15.1 Å². The molecule has 2 fully saturated rings. The first-order valence-electron chi connectivity index (χ1n) is 21.9. The first-order valence-corrected chi connectivity index (χ1v) is 21.9. The molecular weight excluding hydrogens is 817 g/mol. The lowest BCUT2D eigenvalue weighted by atomic mass is 9.65. The predicted molar refractivity (Wildman–Crippen MR) is 246 cm³/mol. The van der Waals surface area contributed by atoms with E-state index in [4.69, 9.17) is 9.47 Å². The Balaban J connectivity index is 1.22. The Morgan fingerprint density at radius 1 is 0.831 bits per heavy atom.